The Bertz CT molecular complexity index is 324. The highest BCUT2D eigenvalue weighted by Gasteiger charge is 2.05. The van der Waals surface area contributed by atoms with Crippen molar-refractivity contribution in [2.24, 2.45) is 0 Å². The summed E-state index contributed by atoms with van der Waals surface area (Å²) in [5.74, 6) is 1.50. The lowest BCUT2D eigenvalue weighted by Gasteiger charge is -2.19. The Labute approximate surface area is 102 Å². The lowest BCUT2D eigenvalue weighted by Crippen LogP contribution is -2.25. The minimum atomic E-state index is 0.254. The van der Waals surface area contributed by atoms with Crippen LogP contribution in [0.25, 0.3) is 0 Å². The number of rotatable bonds is 5. The lowest BCUT2D eigenvalue weighted by molar-refractivity contribution is 0.0845. The van der Waals surface area contributed by atoms with E-state index in [1.165, 1.54) is 0 Å². The fraction of sp³-hybridized carbons (Fsp3) is 0.636. The lowest BCUT2D eigenvalue weighted by atomic mass is 10.4. The summed E-state index contributed by atoms with van der Waals surface area (Å²) in [4.78, 5) is 10.3. The Morgan fingerprint density at radius 3 is 2.69 bits per heavy atom. The molecule has 5 heteroatoms. The van der Waals surface area contributed by atoms with Crippen LogP contribution in [0.4, 0.5) is 5.82 Å². The number of halogens is 1. The molecule has 1 heterocycles. The molecule has 1 rings (SSSR count). The van der Waals surface area contributed by atoms with Crippen molar-refractivity contribution in [3.05, 3.63) is 17.0 Å². The second-order valence-corrected chi connectivity index (χ2v) is 4.32. The van der Waals surface area contributed by atoms with Crippen molar-refractivity contribution in [2.75, 3.05) is 25.1 Å². The van der Waals surface area contributed by atoms with Gasteiger partial charge in [-0.3, -0.25) is 0 Å². The number of likely N-dealkylation sites (N-methyl/N-ethyl adjacent to an activating group) is 1. The number of anilines is 1. The quantitative estimate of drug-likeness (QED) is 0.744. The fourth-order valence-electron chi connectivity index (χ4n) is 1.25. The molecule has 0 N–H and O–H groups in total. The normalized spacial score (nSPS) is 10.9. The van der Waals surface area contributed by atoms with Gasteiger partial charge in [0.25, 0.3) is 0 Å². The SMILES string of the molecule is Cc1nc(Cl)cc(N(C)CCOC(C)C)n1. The Morgan fingerprint density at radius 2 is 2.12 bits per heavy atom. The zero-order valence-corrected chi connectivity index (χ0v) is 11.0. The van der Waals surface area contributed by atoms with E-state index in [1.807, 2.05) is 32.7 Å². The number of ether oxygens (including phenoxy) is 1. The first-order valence-corrected chi connectivity index (χ1v) is 5.70. The van der Waals surface area contributed by atoms with Crippen LogP contribution < -0.4 is 4.90 Å². The van der Waals surface area contributed by atoms with Gasteiger partial charge in [0.1, 0.15) is 16.8 Å². The molecule has 0 aliphatic carbocycles. The van der Waals surface area contributed by atoms with Gasteiger partial charge in [0.05, 0.1) is 12.7 Å². The van der Waals surface area contributed by atoms with Gasteiger partial charge in [0.15, 0.2) is 0 Å². The molecule has 0 spiro atoms. The summed E-state index contributed by atoms with van der Waals surface area (Å²) in [5, 5.41) is 0.471. The summed E-state index contributed by atoms with van der Waals surface area (Å²) < 4.78 is 5.48. The van der Waals surface area contributed by atoms with Gasteiger partial charge in [-0.2, -0.15) is 0 Å². The van der Waals surface area contributed by atoms with Crippen LogP contribution in [0.1, 0.15) is 19.7 Å². The summed E-state index contributed by atoms with van der Waals surface area (Å²) in [6, 6.07) is 1.75. The van der Waals surface area contributed by atoms with Crippen LogP contribution in [0.15, 0.2) is 6.07 Å². The van der Waals surface area contributed by atoms with Crippen molar-refractivity contribution >= 4 is 17.4 Å². The summed E-state index contributed by atoms with van der Waals surface area (Å²) in [6.45, 7) is 7.32. The highest BCUT2D eigenvalue weighted by atomic mass is 35.5. The van der Waals surface area contributed by atoms with E-state index in [0.717, 1.165) is 12.4 Å². The Morgan fingerprint density at radius 1 is 1.44 bits per heavy atom. The highest BCUT2D eigenvalue weighted by molar-refractivity contribution is 6.29. The molecule has 90 valence electrons. The van der Waals surface area contributed by atoms with Crippen molar-refractivity contribution in [1.29, 1.82) is 0 Å². The first-order chi connectivity index (χ1) is 7.49. The minimum Gasteiger partial charge on any atom is -0.377 e. The number of aromatic nitrogens is 2. The maximum absolute atomic E-state index is 5.87. The van der Waals surface area contributed by atoms with E-state index in [4.69, 9.17) is 16.3 Å². The van der Waals surface area contributed by atoms with Crippen LogP contribution in [-0.4, -0.2) is 36.3 Å². The number of hydrogen-bond acceptors (Lipinski definition) is 4. The van der Waals surface area contributed by atoms with Gasteiger partial charge in [0, 0.05) is 19.7 Å². The third kappa shape index (κ3) is 4.33. The zero-order chi connectivity index (χ0) is 12.1. The van der Waals surface area contributed by atoms with E-state index in [-0.39, 0.29) is 6.10 Å². The third-order valence-corrected chi connectivity index (χ3v) is 2.26. The predicted molar refractivity (Wildman–Crippen MR) is 66.1 cm³/mol. The van der Waals surface area contributed by atoms with Crippen LogP contribution in [0.5, 0.6) is 0 Å². The molecule has 0 saturated carbocycles. The van der Waals surface area contributed by atoms with Crippen LogP contribution in [0.2, 0.25) is 5.15 Å². The minimum absolute atomic E-state index is 0.254. The average molecular weight is 244 g/mol. The van der Waals surface area contributed by atoms with Crippen LogP contribution in [-0.2, 0) is 4.74 Å². The van der Waals surface area contributed by atoms with Crippen LogP contribution in [0.3, 0.4) is 0 Å². The molecule has 4 nitrogen and oxygen atoms in total. The van der Waals surface area contributed by atoms with E-state index < -0.39 is 0 Å². The number of nitrogens with zero attached hydrogens (tertiary/aromatic N) is 3. The molecular formula is C11H18ClN3O. The van der Waals surface area contributed by atoms with Gasteiger partial charge in [-0.1, -0.05) is 11.6 Å². The molecule has 16 heavy (non-hydrogen) atoms. The van der Waals surface area contributed by atoms with Crippen molar-refractivity contribution in [3.8, 4) is 0 Å². The van der Waals surface area contributed by atoms with Crippen molar-refractivity contribution in [1.82, 2.24) is 9.97 Å². The Kier molecular flexibility index (Phi) is 4.96. The molecular weight excluding hydrogens is 226 g/mol. The topological polar surface area (TPSA) is 38.2 Å². The van der Waals surface area contributed by atoms with Gasteiger partial charge < -0.3 is 9.64 Å². The average Bonchev–Trinajstić information content (AvgIpc) is 2.15. The predicted octanol–water partition coefficient (Wildman–Crippen LogP) is 2.30. The standard InChI is InChI=1S/C11H18ClN3O/c1-8(2)16-6-5-15(4)11-7-10(12)13-9(3)14-11/h7-8H,5-6H2,1-4H3. The molecule has 0 amide bonds. The van der Waals surface area contributed by atoms with Gasteiger partial charge in [-0.05, 0) is 20.8 Å². The third-order valence-electron chi connectivity index (χ3n) is 2.06. The summed E-state index contributed by atoms with van der Waals surface area (Å²) >= 11 is 5.87. The monoisotopic (exact) mass is 243 g/mol. The molecule has 0 unspecified atom stereocenters. The smallest absolute Gasteiger partial charge is 0.134 e. The zero-order valence-electron chi connectivity index (χ0n) is 10.2. The molecule has 0 fully saturated rings. The summed E-state index contributed by atoms with van der Waals surface area (Å²) in [7, 11) is 1.96. The van der Waals surface area contributed by atoms with Gasteiger partial charge in [0.2, 0.25) is 0 Å². The van der Waals surface area contributed by atoms with Crippen molar-refractivity contribution < 1.29 is 4.74 Å². The van der Waals surface area contributed by atoms with Gasteiger partial charge in [-0.15, -0.1) is 0 Å². The molecule has 0 bridgehead atoms. The molecule has 0 saturated heterocycles. The number of hydrogen-bond donors (Lipinski definition) is 0. The second-order valence-electron chi connectivity index (χ2n) is 3.94. The molecule has 0 aliphatic heterocycles. The molecule has 0 aromatic carbocycles. The van der Waals surface area contributed by atoms with Crippen molar-refractivity contribution in [2.45, 2.75) is 26.9 Å². The van der Waals surface area contributed by atoms with E-state index >= 15 is 0 Å². The molecule has 0 radical (unpaired) electrons. The van der Waals surface area contributed by atoms with E-state index in [0.29, 0.717) is 17.6 Å². The Balaban J connectivity index is 2.55. The molecule has 0 atom stereocenters. The van der Waals surface area contributed by atoms with Crippen molar-refractivity contribution in [3.63, 3.8) is 0 Å². The number of aryl methyl sites for hydroxylation is 1. The highest BCUT2D eigenvalue weighted by Crippen LogP contribution is 2.14. The largest absolute Gasteiger partial charge is 0.377 e. The second kappa shape index (κ2) is 6.01. The maximum Gasteiger partial charge on any atom is 0.134 e. The summed E-state index contributed by atoms with van der Waals surface area (Å²) in [6.07, 6.45) is 0.254. The fourth-order valence-corrected chi connectivity index (χ4v) is 1.47. The van der Waals surface area contributed by atoms with E-state index in [1.54, 1.807) is 6.07 Å². The first kappa shape index (κ1) is 13.2. The van der Waals surface area contributed by atoms with Gasteiger partial charge in [-0.25, -0.2) is 9.97 Å². The van der Waals surface area contributed by atoms with Crippen LogP contribution in [0, 0.1) is 6.92 Å². The summed E-state index contributed by atoms with van der Waals surface area (Å²) in [5.41, 5.74) is 0. The molecule has 1 aromatic rings. The maximum atomic E-state index is 5.87. The van der Waals surface area contributed by atoms with Crippen LogP contribution >= 0.6 is 11.6 Å². The first-order valence-electron chi connectivity index (χ1n) is 5.33. The van der Waals surface area contributed by atoms with E-state index in [9.17, 15) is 0 Å². The van der Waals surface area contributed by atoms with Gasteiger partial charge >= 0.3 is 0 Å². The molecule has 0 aliphatic rings. The molecule has 1 aromatic heterocycles. The van der Waals surface area contributed by atoms with E-state index in [2.05, 4.69) is 9.97 Å². The Hall–Kier alpha value is -0.870.